The predicted octanol–water partition coefficient (Wildman–Crippen LogP) is 5.79. The number of rotatable bonds is 2. The van der Waals surface area contributed by atoms with E-state index in [-0.39, 0.29) is 10.8 Å². The third kappa shape index (κ3) is 3.42. The molecular weight excluding hydrogens is 359 g/mol. The van der Waals surface area contributed by atoms with Crippen LogP contribution in [0.2, 0.25) is 5.02 Å². The predicted molar refractivity (Wildman–Crippen MR) is 113 cm³/mol. The first kappa shape index (κ1) is 18.3. The molecule has 1 aliphatic rings. The summed E-state index contributed by atoms with van der Waals surface area (Å²) in [6, 6.07) is 11.6. The molecule has 0 radical (unpaired) electrons. The van der Waals surface area contributed by atoms with Crippen LogP contribution >= 0.6 is 11.6 Å². The summed E-state index contributed by atoms with van der Waals surface area (Å²) >= 11 is 5.99. The molecule has 27 heavy (non-hydrogen) atoms. The first-order chi connectivity index (χ1) is 12.9. The van der Waals surface area contributed by atoms with Crippen LogP contribution < -0.4 is 0 Å². The Morgan fingerprint density at radius 3 is 2.67 bits per heavy atom. The highest BCUT2D eigenvalue weighted by atomic mass is 35.5. The number of halogens is 2. The van der Waals surface area contributed by atoms with E-state index >= 15 is 0 Å². The minimum absolute atomic E-state index is 0.161. The summed E-state index contributed by atoms with van der Waals surface area (Å²) in [6.07, 6.45) is 4.26. The number of allylic oxidation sites excluding steroid dienone is 1. The lowest BCUT2D eigenvalue weighted by Crippen LogP contribution is -2.21. The molecule has 0 amide bonds. The molecule has 2 heterocycles. The fourth-order valence-corrected chi connectivity index (χ4v) is 4.15. The van der Waals surface area contributed by atoms with E-state index in [0.29, 0.717) is 0 Å². The van der Waals surface area contributed by atoms with Crippen molar-refractivity contribution in [2.24, 2.45) is 0 Å². The largest absolute Gasteiger partial charge is 0.320 e. The molecule has 140 valence electrons. The lowest BCUT2D eigenvalue weighted by molar-refractivity contribution is 0.351. The average molecular weight is 383 g/mol. The number of aryl methyl sites for hydroxylation is 1. The van der Waals surface area contributed by atoms with Crippen molar-refractivity contribution in [2.75, 3.05) is 20.1 Å². The van der Waals surface area contributed by atoms with Crippen LogP contribution in [-0.4, -0.2) is 29.6 Å². The van der Waals surface area contributed by atoms with E-state index in [1.807, 2.05) is 0 Å². The Labute approximate surface area is 164 Å². The van der Waals surface area contributed by atoms with Crippen molar-refractivity contribution >= 4 is 34.3 Å². The zero-order valence-corrected chi connectivity index (χ0v) is 16.8. The summed E-state index contributed by atoms with van der Waals surface area (Å²) in [6.45, 7) is 6.33. The molecule has 2 nitrogen and oxygen atoms in total. The van der Waals surface area contributed by atoms with Crippen molar-refractivity contribution in [1.82, 2.24) is 9.47 Å². The highest BCUT2D eigenvalue weighted by Crippen LogP contribution is 2.32. The van der Waals surface area contributed by atoms with Gasteiger partial charge in [-0.05, 0) is 68.3 Å². The monoisotopic (exact) mass is 382 g/mol. The Hall–Kier alpha value is -2.10. The molecule has 1 aromatic heterocycles. The van der Waals surface area contributed by atoms with E-state index in [1.165, 1.54) is 33.8 Å². The van der Waals surface area contributed by atoms with Gasteiger partial charge in [-0.1, -0.05) is 29.3 Å². The Kier molecular flexibility index (Phi) is 4.83. The van der Waals surface area contributed by atoms with Crippen LogP contribution in [0.5, 0.6) is 0 Å². The minimum atomic E-state index is -0.382. The van der Waals surface area contributed by atoms with Crippen molar-refractivity contribution in [3.63, 3.8) is 0 Å². The molecule has 1 aliphatic heterocycles. The molecule has 0 N–H and O–H groups in total. The SMILES string of the molecule is CC(=Cn1c2c(c3cc(C)ccc31)CCN(C)CC2)c1ccc(F)c(Cl)c1. The van der Waals surface area contributed by atoms with E-state index in [2.05, 4.69) is 54.8 Å². The molecule has 0 fully saturated rings. The van der Waals surface area contributed by atoms with Crippen molar-refractivity contribution in [2.45, 2.75) is 26.7 Å². The van der Waals surface area contributed by atoms with Crippen molar-refractivity contribution < 1.29 is 4.39 Å². The highest BCUT2D eigenvalue weighted by molar-refractivity contribution is 6.30. The third-order valence-corrected chi connectivity index (χ3v) is 5.84. The molecule has 0 unspecified atom stereocenters. The fraction of sp³-hybridized carbons (Fsp3) is 0.304. The van der Waals surface area contributed by atoms with E-state index in [0.717, 1.165) is 37.1 Å². The van der Waals surface area contributed by atoms with Crippen molar-refractivity contribution in [3.05, 3.63) is 69.6 Å². The Bertz CT molecular complexity index is 1050. The zero-order valence-electron chi connectivity index (χ0n) is 16.0. The molecular formula is C23H24ClFN2. The Balaban J connectivity index is 1.89. The van der Waals surface area contributed by atoms with Crippen LogP contribution in [0.3, 0.4) is 0 Å². The molecule has 0 spiro atoms. The van der Waals surface area contributed by atoms with Gasteiger partial charge in [-0.3, -0.25) is 0 Å². The molecule has 0 saturated heterocycles. The van der Waals surface area contributed by atoms with Crippen molar-refractivity contribution in [1.29, 1.82) is 0 Å². The summed E-state index contributed by atoms with van der Waals surface area (Å²) in [5.41, 5.74) is 7.37. The fourth-order valence-electron chi connectivity index (χ4n) is 3.97. The van der Waals surface area contributed by atoms with Crippen LogP contribution in [0.25, 0.3) is 22.7 Å². The maximum atomic E-state index is 13.5. The number of hydrogen-bond acceptors (Lipinski definition) is 1. The normalized spacial score (nSPS) is 15.8. The van der Waals surface area contributed by atoms with Crippen LogP contribution in [0, 0.1) is 12.7 Å². The third-order valence-electron chi connectivity index (χ3n) is 5.55. The number of hydrogen-bond donors (Lipinski definition) is 0. The number of nitrogens with zero attached hydrogens (tertiary/aromatic N) is 2. The molecule has 0 bridgehead atoms. The molecule has 3 aromatic rings. The van der Waals surface area contributed by atoms with Gasteiger partial charge in [0.1, 0.15) is 5.82 Å². The van der Waals surface area contributed by atoms with Gasteiger partial charge >= 0.3 is 0 Å². The van der Waals surface area contributed by atoms with Crippen LogP contribution in [0.15, 0.2) is 36.4 Å². The summed E-state index contributed by atoms with van der Waals surface area (Å²) in [5, 5.41) is 1.51. The molecule has 0 saturated carbocycles. The lowest BCUT2D eigenvalue weighted by Gasteiger charge is -2.13. The Morgan fingerprint density at radius 2 is 1.89 bits per heavy atom. The number of likely N-dealkylation sites (N-methyl/N-ethyl adjacent to an activating group) is 1. The lowest BCUT2D eigenvalue weighted by atomic mass is 10.1. The number of fused-ring (bicyclic) bond motifs is 3. The maximum absolute atomic E-state index is 13.5. The summed E-state index contributed by atoms with van der Waals surface area (Å²) < 4.78 is 15.9. The minimum Gasteiger partial charge on any atom is -0.320 e. The second-order valence-electron chi connectivity index (χ2n) is 7.56. The average Bonchev–Trinajstić information content (AvgIpc) is 2.78. The van der Waals surface area contributed by atoms with Gasteiger partial charge in [0.05, 0.1) is 10.5 Å². The van der Waals surface area contributed by atoms with Crippen LogP contribution in [0.4, 0.5) is 4.39 Å². The number of benzene rings is 2. The van der Waals surface area contributed by atoms with Crippen LogP contribution in [0.1, 0.15) is 29.3 Å². The standard InChI is InChI=1S/C23H24ClFN2/c1-15-4-7-22-19(12-15)18-8-10-26(3)11-9-23(18)27(22)14-16(2)17-5-6-21(25)20(24)13-17/h4-7,12-14H,8-11H2,1-3H3. The quantitative estimate of drug-likeness (QED) is 0.544. The van der Waals surface area contributed by atoms with Gasteiger partial charge in [0, 0.05) is 36.8 Å². The first-order valence-electron chi connectivity index (χ1n) is 9.38. The van der Waals surface area contributed by atoms with E-state index < -0.39 is 0 Å². The summed E-state index contributed by atoms with van der Waals surface area (Å²) in [4.78, 5) is 2.39. The van der Waals surface area contributed by atoms with E-state index in [1.54, 1.807) is 12.1 Å². The zero-order chi connectivity index (χ0) is 19.1. The van der Waals surface area contributed by atoms with Crippen LogP contribution in [-0.2, 0) is 12.8 Å². The van der Waals surface area contributed by atoms with Gasteiger partial charge in [-0.2, -0.15) is 0 Å². The van der Waals surface area contributed by atoms with Gasteiger partial charge in [-0.15, -0.1) is 0 Å². The molecule has 0 aliphatic carbocycles. The topological polar surface area (TPSA) is 8.17 Å². The number of aromatic nitrogens is 1. The van der Waals surface area contributed by atoms with Gasteiger partial charge < -0.3 is 9.47 Å². The smallest absolute Gasteiger partial charge is 0.141 e. The molecule has 2 aromatic carbocycles. The summed E-state index contributed by atoms with van der Waals surface area (Å²) in [5.74, 6) is -0.382. The van der Waals surface area contributed by atoms with Gasteiger partial charge in [-0.25, -0.2) is 4.39 Å². The second kappa shape index (κ2) is 7.14. The molecule has 0 atom stereocenters. The Morgan fingerprint density at radius 1 is 1.11 bits per heavy atom. The highest BCUT2D eigenvalue weighted by Gasteiger charge is 2.20. The van der Waals surface area contributed by atoms with Gasteiger partial charge in [0.15, 0.2) is 0 Å². The summed E-state index contributed by atoms with van der Waals surface area (Å²) in [7, 11) is 2.19. The first-order valence-corrected chi connectivity index (χ1v) is 9.76. The second-order valence-corrected chi connectivity index (χ2v) is 7.97. The van der Waals surface area contributed by atoms with Crippen molar-refractivity contribution in [3.8, 4) is 0 Å². The van der Waals surface area contributed by atoms with Gasteiger partial charge in [0.2, 0.25) is 0 Å². The molecule has 4 heteroatoms. The van der Waals surface area contributed by atoms with E-state index in [9.17, 15) is 4.39 Å². The van der Waals surface area contributed by atoms with E-state index in [4.69, 9.17) is 11.6 Å². The molecule has 4 rings (SSSR count). The maximum Gasteiger partial charge on any atom is 0.141 e. The van der Waals surface area contributed by atoms with Gasteiger partial charge in [0.25, 0.3) is 0 Å².